The summed E-state index contributed by atoms with van der Waals surface area (Å²) in [4.78, 5) is 17.0. The summed E-state index contributed by atoms with van der Waals surface area (Å²) in [6.45, 7) is 2.59. The lowest BCUT2D eigenvalue weighted by Crippen LogP contribution is -2.42. The smallest absolute Gasteiger partial charge is 0.255 e. The van der Waals surface area contributed by atoms with Crippen molar-refractivity contribution in [3.8, 4) is 5.75 Å². The summed E-state index contributed by atoms with van der Waals surface area (Å²) in [6, 6.07) is 10.6. The van der Waals surface area contributed by atoms with Crippen LogP contribution in [0.15, 0.2) is 47.0 Å². The number of aromatic nitrogens is 1. The maximum Gasteiger partial charge on any atom is 0.255 e. The third-order valence-corrected chi connectivity index (χ3v) is 4.54. The van der Waals surface area contributed by atoms with Gasteiger partial charge in [-0.25, -0.2) is 0 Å². The molecule has 0 unspecified atom stereocenters. The molecule has 140 valence electrons. The number of benzene rings is 1. The van der Waals surface area contributed by atoms with Crippen molar-refractivity contribution in [2.75, 3.05) is 13.2 Å². The van der Waals surface area contributed by atoms with Crippen LogP contribution in [-0.2, 0) is 11.3 Å². The number of nitrogens with zero attached hydrogens (tertiary/aromatic N) is 1. The van der Waals surface area contributed by atoms with Crippen molar-refractivity contribution in [1.82, 2.24) is 10.3 Å². The van der Waals surface area contributed by atoms with E-state index in [1.54, 1.807) is 31.3 Å². The van der Waals surface area contributed by atoms with Gasteiger partial charge in [0.15, 0.2) is 0 Å². The van der Waals surface area contributed by atoms with Gasteiger partial charge in [0.1, 0.15) is 23.7 Å². The number of fused-ring (bicyclic) bond motifs is 1. The van der Waals surface area contributed by atoms with Crippen LogP contribution in [0.25, 0.3) is 11.0 Å². The number of nitrogens with one attached hydrogen (secondary N) is 1. The van der Waals surface area contributed by atoms with E-state index in [0.717, 1.165) is 5.69 Å². The van der Waals surface area contributed by atoms with Gasteiger partial charge in [-0.15, -0.1) is 0 Å². The first-order chi connectivity index (χ1) is 13.1. The number of aliphatic hydroxyl groups is 1. The number of furan rings is 1. The van der Waals surface area contributed by atoms with E-state index in [1.165, 1.54) is 0 Å². The summed E-state index contributed by atoms with van der Waals surface area (Å²) in [5.41, 5.74) is 1.85. The number of carbonyl (C=O) groups excluding carboxylic acids is 1. The first-order valence-corrected chi connectivity index (χ1v) is 8.74. The van der Waals surface area contributed by atoms with Crippen LogP contribution in [0.1, 0.15) is 21.8 Å². The first-order valence-electron chi connectivity index (χ1n) is 8.74. The van der Waals surface area contributed by atoms with Gasteiger partial charge in [-0.2, -0.15) is 0 Å². The maximum atomic E-state index is 12.7. The van der Waals surface area contributed by atoms with Gasteiger partial charge in [-0.1, -0.05) is 6.07 Å². The van der Waals surface area contributed by atoms with E-state index in [2.05, 4.69) is 10.3 Å². The molecule has 2 atom stereocenters. The second-order valence-corrected chi connectivity index (χ2v) is 6.49. The number of rotatable bonds is 5. The quantitative estimate of drug-likeness (QED) is 0.717. The number of aliphatic hydroxyl groups excluding tert-OH is 1. The molecule has 27 heavy (non-hydrogen) atoms. The van der Waals surface area contributed by atoms with Crippen molar-refractivity contribution < 1.29 is 23.8 Å². The van der Waals surface area contributed by atoms with Gasteiger partial charge in [0.05, 0.1) is 36.6 Å². The highest BCUT2D eigenvalue weighted by Gasteiger charge is 2.29. The number of carbonyl (C=O) groups is 1. The molecular formula is C20H20N2O5. The summed E-state index contributed by atoms with van der Waals surface area (Å²) in [5, 5.41) is 13.3. The Hall–Kier alpha value is -2.90. The third-order valence-electron chi connectivity index (χ3n) is 4.54. The third kappa shape index (κ3) is 3.65. The minimum Gasteiger partial charge on any atom is -0.487 e. The Balaban J connectivity index is 1.56. The van der Waals surface area contributed by atoms with Crippen molar-refractivity contribution in [2.45, 2.75) is 25.7 Å². The van der Waals surface area contributed by atoms with E-state index in [1.807, 2.05) is 18.2 Å². The van der Waals surface area contributed by atoms with E-state index in [4.69, 9.17) is 13.9 Å². The monoisotopic (exact) mass is 368 g/mol. The molecule has 1 fully saturated rings. The molecule has 0 spiro atoms. The summed E-state index contributed by atoms with van der Waals surface area (Å²) in [5.74, 6) is 0.827. The van der Waals surface area contributed by atoms with Gasteiger partial charge < -0.3 is 24.3 Å². The Labute approximate surface area is 155 Å². The Kier molecular flexibility index (Phi) is 4.79. The van der Waals surface area contributed by atoms with Gasteiger partial charge >= 0.3 is 0 Å². The summed E-state index contributed by atoms with van der Waals surface area (Å²) < 4.78 is 16.7. The number of hydrogen-bond donors (Lipinski definition) is 2. The lowest BCUT2D eigenvalue weighted by atomic mass is 10.1. The second-order valence-electron chi connectivity index (χ2n) is 6.49. The van der Waals surface area contributed by atoms with Crippen LogP contribution in [0.4, 0.5) is 0 Å². The fourth-order valence-corrected chi connectivity index (χ4v) is 3.13. The van der Waals surface area contributed by atoms with Gasteiger partial charge in [0.25, 0.3) is 5.91 Å². The average molecular weight is 368 g/mol. The Morgan fingerprint density at radius 1 is 1.33 bits per heavy atom. The SMILES string of the molecule is Cc1oc2ccc(OCc3ccccn3)cc2c1C(=O)N[C@@H]1COC[C@@H]1O. The number of hydrogen-bond acceptors (Lipinski definition) is 6. The first kappa shape index (κ1) is 17.5. The van der Waals surface area contributed by atoms with Gasteiger partial charge in [0, 0.05) is 11.6 Å². The van der Waals surface area contributed by atoms with E-state index < -0.39 is 12.1 Å². The Morgan fingerprint density at radius 3 is 2.96 bits per heavy atom. The minimum atomic E-state index is -0.704. The molecule has 7 nitrogen and oxygen atoms in total. The molecule has 0 bridgehead atoms. The zero-order valence-electron chi connectivity index (χ0n) is 14.8. The minimum absolute atomic E-state index is 0.224. The van der Waals surface area contributed by atoms with E-state index >= 15 is 0 Å². The normalized spacial score (nSPS) is 19.3. The molecule has 7 heteroatoms. The molecule has 0 radical (unpaired) electrons. The number of amides is 1. The molecule has 1 saturated heterocycles. The molecular weight excluding hydrogens is 348 g/mol. The van der Waals surface area contributed by atoms with Crippen molar-refractivity contribution >= 4 is 16.9 Å². The highest BCUT2D eigenvalue weighted by Crippen LogP contribution is 2.29. The molecule has 3 aromatic rings. The standard InChI is InChI=1S/C20H20N2O5/c1-12-19(20(24)22-16-10-25-11-17(16)23)15-8-14(5-6-18(15)27-12)26-9-13-4-2-3-7-21-13/h2-8,16-17,23H,9-11H2,1H3,(H,22,24)/t16-,17+/m1/s1. The summed E-state index contributed by atoms with van der Waals surface area (Å²) in [7, 11) is 0. The van der Waals surface area contributed by atoms with Gasteiger partial charge in [-0.05, 0) is 37.3 Å². The van der Waals surface area contributed by atoms with Crippen molar-refractivity contribution in [3.05, 3.63) is 59.6 Å². The van der Waals surface area contributed by atoms with Crippen molar-refractivity contribution in [1.29, 1.82) is 0 Å². The predicted octanol–water partition coefficient (Wildman–Crippen LogP) is 2.20. The topological polar surface area (TPSA) is 93.8 Å². The summed E-state index contributed by atoms with van der Waals surface area (Å²) in [6.07, 6.45) is 1.01. The van der Waals surface area contributed by atoms with Gasteiger partial charge in [0.2, 0.25) is 0 Å². The molecule has 2 N–H and O–H groups in total. The largest absolute Gasteiger partial charge is 0.487 e. The molecule has 1 aliphatic heterocycles. The van der Waals surface area contributed by atoms with Gasteiger partial charge in [-0.3, -0.25) is 9.78 Å². The molecule has 0 aliphatic carbocycles. The highest BCUT2D eigenvalue weighted by atomic mass is 16.5. The molecule has 1 aromatic carbocycles. The fraction of sp³-hybridized carbons (Fsp3) is 0.300. The van der Waals surface area contributed by atoms with E-state index in [0.29, 0.717) is 41.3 Å². The fourth-order valence-electron chi connectivity index (χ4n) is 3.13. The average Bonchev–Trinajstić information content (AvgIpc) is 3.22. The van der Waals surface area contributed by atoms with Crippen LogP contribution >= 0.6 is 0 Å². The molecule has 3 heterocycles. The molecule has 2 aromatic heterocycles. The molecule has 4 rings (SSSR count). The van der Waals surface area contributed by atoms with Crippen LogP contribution < -0.4 is 10.1 Å². The highest BCUT2D eigenvalue weighted by molar-refractivity contribution is 6.07. The number of ether oxygens (including phenoxy) is 2. The van der Waals surface area contributed by atoms with E-state index in [9.17, 15) is 9.90 Å². The zero-order chi connectivity index (χ0) is 18.8. The molecule has 1 amide bonds. The maximum absolute atomic E-state index is 12.7. The Morgan fingerprint density at radius 2 is 2.22 bits per heavy atom. The molecule has 1 aliphatic rings. The van der Waals surface area contributed by atoms with Crippen LogP contribution in [-0.4, -0.2) is 41.4 Å². The lowest BCUT2D eigenvalue weighted by molar-refractivity contribution is 0.0886. The van der Waals surface area contributed by atoms with Crippen LogP contribution in [0, 0.1) is 6.92 Å². The van der Waals surface area contributed by atoms with Crippen molar-refractivity contribution in [3.63, 3.8) is 0 Å². The number of pyridine rings is 1. The predicted molar refractivity (Wildman–Crippen MR) is 97.6 cm³/mol. The van der Waals surface area contributed by atoms with Crippen molar-refractivity contribution in [2.24, 2.45) is 0 Å². The summed E-state index contributed by atoms with van der Waals surface area (Å²) >= 11 is 0. The van der Waals surface area contributed by atoms with Crippen LogP contribution in [0.2, 0.25) is 0 Å². The lowest BCUT2D eigenvalue weighted by Gasteiger charge is -2.14. The van der Waals surface area contributed by atoms with Crippen LogP contribution in [0.3, 0.4) is 0 Å². The zero-order valence-corrected chi connectivity index (χ0v) is 14.8. The number of aryl methyl sites for hydroxylation is 1. The Bertz CT molecular complexity index is 954. The van der Waals surface area contributed by atoms with E-state index in [-0.39, 0.29) is 12.5 Å². The second kappa shape index (κ2) is 7.38. The van der Waals surface area contributed by atoms with Crippen LogP contribution in [0.5, 0.6) is 5.75 Å². The molecule has 0 saturated carbocycles.